The standard InChI is InChI=1S/C33H35FN4O4/c1-20-7-6-16-41-33(4)12-14-37(15-13-33)32-25(18-30(39)40)22(3)35-29-19-27(36-38(29)32)23-8-5-9-24(17-23)31-21(2)26(34)10-11-28(31)42-20/h5-11,17,19-20H,12-16,18H2,1-4H3,(H,39,40)/b7-6+. The smallest absolute Gasteiger partial charge is 0.308 e. The molecule has 0 amide bonds. The lowest BCUT2D eigenvalue weighted by atomic mass is 9.93. The number of ether oxygens (including phenoxy) is 2. The molecule has 0 saturated carbocycles. The summed E-state index contributed by atoms with van der Waals surface area (Å²) in [5.41, 5.74) is 5.16. The van der Waals surface area contributed by atoms with Crippen molar-refractivity contribution in [2.24, 2.45) is 0 Å². The fourth-order valence-electron chi connectivity index (χ4n) is 5.98. The number of carboxylic acid groups (broad SMARTS) is 1. The number of nitrogens with zero attached hydrogens (tertiary/aromatic N) is 4. The topological polar surface area (TPSA) is 89.2 Å². The van der Waals surface area contributed by atoms with E-state index >= 15 is 0 Å². The first-order chi connectivity index (χ1) is 20.1. The molecule has 3 aliphatic rings. The Kier molecular flexibility index (Phi) is 7.22. The highest BCUT2D eigenvalue weighted by atomic mass is 19.1. The number of hydrogen-bond donors (Lipinski definition) is 1. The third-order valence-corrected chi connectivity index (χ3v) is 8.38. The normalized spacial score (nSPS) is 21.4. The number of aromatic nitrogens is 3. The van der Waals surface area contributed by atoms with Crippen LogP contribution < -0.4 is 9.64 Å². The summed E-state index contributed by atoms with van der Waals surface area (Å²) in [6, 6.07) is 12.8. The van der Waals surface area contributed by atoms with Gasteiger partial charge in [-0.05, 0) is 75.9 Å². The molecule has 2 aromatic carbocycles. The van der Waals surface area contributed by atoms with E-state index in [1.165, 1.54) is 6.07 Å². The van der Waals surface area contributed by atoms with Crippen LogP contribution in [0.5, 0.6) is 5.75 Å². The number of aryl methyl sites for hydroxylation is 1. The summed E-state index contributed by atoms with van der Waals surface area (Å²) < 4.78 is 29.3. The van der Waals surface area contributed by atoms with Crippen molar-refractivity contribution in [1.29, 1.82) is 0 Å². The van der Waals surface area contributed by atoms with Gasteiger partial charge in [0.05, 0.1) is 24.3 Å². The molecule has 2 aromatic heterocycles. The lowest BCUT2D eigenvalue weighted by molar-refractivity contribution is -0.136. The molecular weight excluding hydrogens is 535 g/mol. The van der Waals surface area contributed by atoms with E-state index in [2.05, 4.69) is 11.8 Å². The third-order valence-electron chi connectivity index (χ3n) is 8.38. The lowest BCUT2D eigenvalue weighted by Gasteiger charge is -2.40. The number of anilines is 1. The van der Waals surface area contributed by atoms with Gasteiger partial charge < -0.3 is 19.5 Å². The van der Waals surface area contributed by atoms with Gasteiger partial charge in [0.15, 0.2) is 5.65 Å². The molecule has 3 aliphatic heterocycles. The molecule has 7 rings (SSSR count). The van der Waals surface area contributed by atoms with Gasteiger partial charge >= 0.3 is 5.97 Å². The number of aliphatic carboxylic acids is 1. The Balaban J connectivity index is 1.55. The molecule has 1 unspecified atom stereocenters. The van der Waals surface area contributed by atoms with Gasteiger partial charge in [-0.1, -0.05) is 24.3 Å². The number of benzene rings is 2. The molecular formula is C33H35FN4O4. The predicted octanol–water partition coefficient (Wildman–Crippen LogP) is 6.16. The Morgan fingerprint density at radius 3 is 2.67 bits per heavy atom. The molecule has 4 aromatic rings. The molecule has 8 nitrogen and oxygen atoms in total. The number of carboxylic acids is 1. The molecule has 0 spiro atoms. The van der Waals surface area contributed by atoms with Gasteiger partial charge in [-0.3, -0.25) is 4.79 Å². The number of hydrogen-bond acceptors (Lipinski definition) is 6. The minimum atomic E-state index is -0.916. The fraction of sp³-hybridized carbons (Fsp3) is 0.364. The quantitative estimate of drug-likeness (QED) is 0.289. The molecule has 1 N–H and O–H groups in total. The molecule has 5 heterocycles. The van der Waals surface area contributed by atoms with E-state index in [-0.39, 0.29) is 23.9 Å². The molecule has 1 saturated heterocycles. The van der Waals surface area contributed by atoms with Crippen molar-refractivity contribution in [1.82, 2.24) is 14.6 Å². The van der Waals surface area contributed by atoms with Crippen molar-refractivity contribution in [3.63, 3.8) is 0 Å². The van der Waals surface area contributed by atoms with Gasteiger partial charge in [-0.2, -0.15) is 9.61 Å². The molecule has 6 bridgehead atoms. The lowest BCUT2D eigenvalue weighted by Crippen LogP contribution is -2.45. The Hall–Kier alpha value is -4.24. The molecule has 42 heavy (non-hydrogen) atoms. The Morgan fingerprint density at radius 2 is 1.90 bits per heavy atom. The predicted molar refractivity (Wildman–Crippen MR) is 160 cm³/mol. The first-order valence-electron chi connectivity index (χ1n) is 14.3. The number of rotatable bonds is 2. The van der Waals surface area contributed by atoms with Crippen LogP contribution in [0.25, 0.3) is 28.0 Å². The fourth-order valence-corrected chi connectivity index (χ4v) is 5.98. The molecule has 9 heteroatoms. The average Bonchev–Trinajstić information content (AvgIpc) is 3.37. The Morgan fingerprint density at radius 1 is 1.14 bits per heavy atom. The van der Waals surface area contributed by atoms with Crippen molar-refractivity contribution in [3.05, 3.63) is 77.3 Å². The zero-order valence-electron chi connectivity index (χ0n) is 24.4. The summed E-state index contributed by atoms with van der Waals surface area (Å²) in [5.74, 6) is 0.125. The van der Waals surface area contributed by atoms with Crippen LogP contribution in [-0.4, -0.2) is 57.1 Å². The summed E-state index contributed by atoms with van der Waals surface area (Å²) in [7, 11) is 0. The van der Waals surface area contributed by atoms with Crippen LogP contribution in [0.1, 0.15) is 43.5 Å². The van der Waals surface area contributed by atoms with Crippen molar-refractivity contribution in [3.8, 4) is 28.1 Å². The van der Waals surface area contributed by atoms with Gasteiger partial charge in [-0.25, -0.2) is 9.37 Å². The monoisotopic (exact) mass is 570 g/mol. The first kappa shape index (κ1) is 27.9. The third kappa shape index (κ3) is 5.25. The molecule has 0 aliphatic carbocycles. The summed E-state index contributed by atoms with van der Waals surface area (Å²) >= 11 is 0. The van der Waals surface area contributed by atoms with E-state index in [4.69, 9.17) is 19.6 Å². The number of piperidine rings is 1. The average molecular weight is 571 g/mol. The van der Waals surface area contributed by atoms with Gasteiger partial charge in [0.25, 0.3) is 0 Å². The van der Waals surface area contributed by atoms with Gasteiger partial charge in [-0.15, -0.1) is 0 Å². The molecule has 0 radical (unpaired) electrons. The van der Waals surface area contributed by atoms with E-state index in [1.807, 2.05) is 56.3 Å². The van der Waals surface area contributed by atoms with Crippen LogP contribution >= 0.6 is 0 Å². The van der Waals surface area contributed by atoms with Gasteiger partial charge in [0.2, 0.25) is 0 Å². The van der Waals surface area contributed by atoms with E-state index < -0.39 is 5.97 Å². The highest BCUT2D eigenvalue weighted by Gasteiger charge is 2.33. The highest BCUT2D eigenvalue weighted by molar-refractivity contribution is 5.79. The molecule has 1 atom stereocenters. The SMILES string of the molecule is Cc1nc2cc3nn2c(c1CC(=O)O)N1CCC(C)(CC1)OC/C=C/C(C)Oc1ccc(F)c(C)c1-c1cccc-3c1. The highest BCUT2D eigenvalue weighted by Crippen LogP contribution is 2.38. The zero-order chi connectivity index (χ0) is 29.6. The van der Waals surface area contributed by atoms with Gasteiger partial charge in [0, 0.05) is 41.5 Å². The van der Waals surface area contributed by atoms with E-state index in [0.29, 0.717) is 59.2 Å². The molecule has 218 valence electrons. The Labute approximate surface area is 244 Å². The van der Waals surface area contributed by atoms with Crippen molar-refractivity contribution in [2.45, 2.75) is 58.7 Å². The second-order valence-corrected chi connectivity index (χ2v) is 11.5. The maximum absolute atomic E-state index is 14.8. The van der Waals surface area contributed by atoms with Crippen molar-refractivity contribution >= 4 is 17.4 Å². The van der Waals surface area contributed by atoms with Gasteiger partial charge in [0.1, 0.15) is 23.5 Å². The zero-order valence-corrected chi connectivity index (χ0v) is 24.4. The van der Waals surface area contributed by atoms with Crippen LogP contribution in [0.3, 0.4) is 0 Å². The van der Waals surface area contributed by atoms with Crippen molar-refractivity contribution < 1.29 is 23.8 Å². The summed E-state index contributed by atoms with van der Waals surface area (Å²) in [6.07, 6.45) is 5.08. The number of fused-ring (bicyclic) bond motifs is 6. The first-order valence-corrected chi connectivity index (χ1v) is 14.3. The minimum Gasteiger partial charge on any atom is -0.486 e. The summed E-state index contributed by atoms with van der Waals surface area (Å²) in [4.78, 5) is 18.9. The second kappa shape index (κ2) is 10.9. The van der Waals surface area contributed by atoms with Crippen LogP contribution in [0.4, 0.5) is 10.2 Å². The van der Waals surface area contributed by atoms with E-state index in [1.54, 1.807) is 17.5 Å². The maximum Gasteiger partial charge on any atom is 0.308 e. The Bertz CT molecular complexity index is 1700. The van der Waals surface area contributed by atoms with Crippen molar-refractivity contribution in [2.75, 3.05) is 24.6 Å². The second-order valence-electron chi connectivity index (χ2n) is 11.5. The summed E-state index contributed by atoms with van der Waals surface area (Å²) in [5, 5.41) is 14.7. The van der Waals surface area contributed by atoms with Crippen LogP contribution in [0.15, 0.2) is 54.6 Å². The minimum absolute atomic E-state index is 0.149. The van der Waals surface area contributed by atoms with Crippen LogP contribution in [0.2, 0.25) is 0 Å². The number of halogens is 1. The molecule has 1 fully saturated rings. The van der Waals surface area contributed by atoms with E-state index in [0.717, 1.165) is 29.8 Å². The maximum atomic E-state index is 14.8. The van der Waals surface area contributed by atoms with E-state index in [9.17, 15) is 14.3 Å². The van der Waals surface area contributed by atoms with Crippen LogP contribution in [0, 0.1) is 19.7 Å². The summed E-state index contributed by atoms with van der Waals surface area (Å²) in [6.45, 7) is 9.51. The number of carbonyl (C=O) groups is 1. The largest absolute Gasteiger partial charge is 0.486 e. The van der Waals surface area contributed by atoms with Crippen LogP contribution in [-0.2, 0) is 16.0 Å².